The van der Waals surface area contributed by atoms with Gasteiger partial charge in [-0.2, -0.15) is 5.26 Å². The van der Waals surface area contributed by atoms with Gasteiger partial charge >= 0.3 is 0 Å². The molecule has 1 aromatic rings. The molecular weight excluding hydrogens is 249 g/mol. The lowest BCUT2D eigenvalue weighted by Gasteiger charge is -2.14. The molecule has 4 heteroatoms. The quantitative estimate of drug-likeness (QED) is 0.578. The van der Waals surface area contributed by atoms with Crippen molar-refractivity contribution in [2.45, 2.75) is 19.3 Å². The Labute approximate surface area is 104 Å². The zero-order chi connectivity index (χ0) is 11.3. The van der Waals surface area contributed by atoms with Crippen LogP contribution in [0.3, 0.4) is 0 Å². The summed E-state index contributed by atoms with van der Waals surface area (Å²) >= 11 is 13.4. The Kier molecular flexibility index (Phi) is 5.31. The third kappa shape index (κ3) is 3.61. The lowest BCUT2D eigenvalue weighted by atomic mass is 9.98. The zero-order valence-electron chi connectivity index (χ0n) is 8.34. The fourth-order valence-electron chi connectivity index (χ4n) is 1.41. The van der Waals surface area contributed by atoms with E-state index in [1.54, 1.807) is 0 Å². The number of thiocyanates is 1. The third-order valence-electron chi connectivity index (χ3n) is 2.21. The van der Waals surface area contributed by atoms with Gasteiger partial charge in [0.25, 0.3) is 0 Å². The molecule has 1 rings (SSSR count). The summed E-state index contributed by atoms with van der Waals surface area (Å²) in [6.45, 7) is 2.07. The topological polar surface area (TPSA) is 23.8 Å². The smallest absolute Gasteiger partial charge is 0.133 e. The van der Waals surface area contributed by atoms with Gasteiger partial charge in [0.1, 0.15) is 5.40 Å². The van der Waals surface area contributed by atoms with Crippen LogP contribution in [0.2, 0.25) is 10.0 Å². The molecule has 0 amide bonds. The van der Waals surface area contributed by atoms with Crippen molar-refractivity contribution >= 4 is 35.0 Å². The molecule has 0 saturated carbocycles. The second kappa shape index (κ2) is 6.27. The van der Waals surface area contributed by atoms with E-state index in [0.29, 0.717) is 10.0 Å². The summed E-state index contributed by atoms with van der Waals surface area (Å²) < 4.78 is 0. The van der Waals surface area contributed by atoms with Crippen LogP contribution in [0, 0.1) is 10.7 Å². The molecule has 0 radical (unpaired) electrons. The van der Waals surface area contributed by atoms with E-state index in [-0.39, 0.29) is 5.92 Å². The lowest BCUT2D eigenvalue weighted by Crippen LogP contribution is -1.97. The number of nitrogens with zero attached hydrogens (tertiary/aromatic N) is 1. The monoisotopic (exact) mass is 259 g/mol. The van der Waals surface area contributed by atoms with Crippen LogP contribution in [-0.4, -0.2) is 5.75 Å². The van der Waals surface area contributed by atoms with Crippen molar-refractivity contribution in [2.24, 2.45) is 0 Å². The minimum absolute atomic E-state index is 0.284. The summed E-state index contributed by atoms with van der Waals surface area (Å²) in [5, 5.41) is 11.9. The largest absolute Gasteiger partial charge is 0.185 e. The Morgan fingerprint density at radius 2 is 2.00 bits per heavy atom. The van der Waals surface area contributed by atoms with Gasteiger partial charge in [-0.05, 0) is 41.8 Å². The fraction of sp³-hybridized carbons (Fsp3) is 0.364. The molecule has 0 saturated heterocycles. The number of hydrogen-bond acceptors (Lipinski definition) is 2. The average molecular weight is 260 g/mol. The average Bonchev–Trinajstić information content (AvgIpc) is 2.18. The lowest BCUT2D eigenvalue weighted by molar-refractivity contribution is 0.742. The molecule has 0 spiro atoms. The molecule has 0 aliphatic rings. The van der Waals surface area contributed by atoms with E-state index in [1.165, 1.54) is 11.8 Å². The van der Waals surface area contributed by atoms with E-state index in [9.17, 15) is 0 Å². The number of halogens is 2. The minimum atomic E-state index is 0.284. The van der Waals surface area contributed by atoms with Gasteiger partial charge in [-0.3, -0.25) is 0 Å². The minimum Gasteiger partial charge on any atom is -0.185 e. The highest BCUT2D eigenvalue weighted by molar-refractivity contribution is 8.03. The van der Waals surface area contributed by atoms with Crippen LogP contribution in [0.4, 0.5) is 0 Å². The van der Waals surface area contributed by atoms with Gasteiger partial charge in [-0.1, -0.05) is 36.2 Å². The van der Waals surface area contributed by atoms with E-state index in [2.05, 4.69) is 12.3 Å². The molecule has 1 unspecified atom stereocenters. The number of rotatable bonds is 4. The van der Waals surface area contributed by atoms with E-state index in [4.69, 9.17) is 28.5 Å². The Bertz CT molecular complexity index is 353. The zero-order valence-corrected chi connectivity index (χ0v) is 10.7. The molecule has 0 bridgehead atoms. The predicted octanol–water partition coefficient (Wildman–Crippen LogP) is 4.70. The molecule has 1 atom stereocenters. The van der Waals surface area contributed by atoms with Gasteiger partial charge in [0.15, 0.2) is 0 Å². The molecule has 0 aliphatic heterocycles. The second-order valence-electron chi connectivity index (χ2n) is 3.26. The molecule has 0 aliphatic carbocycles. The van der Waals surface area contributed by atoms with Gasteiger partial charge in [0, 0.05) is 15.8 Å². The molecule has 0 heterocycles. The van der Waals surface area contributed by atoms with E-state index in [0.717, 1.165) is 17.7 Å². The number of nitriles is 1. The highest BCUT2D eigenvalue weighted by Gasteiger charge is 2.13. The van der Waals surface area contributed by atoms with Crippen LogP contribution in [-0.2, 0) is 0 Å². The van der Waals surface area contributed by atoms with Gasteiger partial charge in [-0.15, -0.1) is 0 Å². The molecule has 15 heavy (non-hydrogen) atoms. The summed E-state index contributed by atoms with van der Waals surface area (Å²) in [5.41, 5.74) is 0.986. The molecule has 0 fully saturated rings. The number of thioether (sulfide) groups is 1. The standard InChI is InChI=1S/C11H11Cl2NS/c1-8(5-6-15-7-14)11-9(12)3-2-4-10(11)13/h2-4,8H,5-6H2,1H3. The Balaban J connectivity index is 2.73. The van der Waals surface area contributed by atoms with Crippen molar-refractivity contribution in [3.05, 3.63) is 33.8 Å². The van der Waals surface area contributed by atoms with Crippen LogP contribution in [0.15, 0.2) is 18.2 Å². The fourth-order valence-corrected chi connectivity index (χ4v) is 2.74. The van der Waals surface area contributed by atoms with Crippen molar-refractivity contribution in [1.29, 1.82) is 5.26 Å². The summed E-state index contributed by atoms with van der Waals surface area (Å²) in [5.74, 6) is 1.09. The maximum atomic E-state index is 8.42. The molecule has 80 valence electrons. The van der Waals surface area contributed by atoms with E-state index >= 15 is 0 Å². The second-order valence-corrected chi connectivity index (χ2v) is 4.96. The highest BCUT2D eigenvalue weighted by atomic mass is 35.5. The maximum absolute atomic E-state index is 8.42. The first kappa shape index (κ1) is 12.7. The molecular formula is C11H11Cl2NS. The van der Waals surface area contributed by atoms with Gasteiger partial charge in [0.05, 0.1) is 0 Å². The van der Waals surface area contributed by atoms with E-state index in [1.807, 2.05) is 18.2 Å². The van der Waals surface area contributed by atoms with Gasteiger partial charge in [0.2, 0.25) is 0 Å². The highest BCUT2D eigenvalue weighted by Crippen LogP contribution is 2.33. The third-order valence-corrected chi connectivity index (χ3v) is 3.44. The first-order valence-electron chi connectivity index (χ1n) is 4.61. The molecule has 1 nitrogen and oxygen atoms in total. The Morgan fingerprint density at radius 3 is 2.53 bits per heavy atom. The van der Waals surface area contributed by atoms with Gasteiger partial charge in [-0.25, -0.2) is 0 Å². The van der Waals surface area contributed by atoms with Crippen molar-refractivity contribution < 1.29 is 0 Å². The number of benzene rings is 1. The van der Waals surface area contributed by atoms with Crippen LogP contribution < -0.4 is 0 Å². The summed E-state index contributed by atoms with van der Waals surface area (Å²) in [6.07, 6.45) is 0.904. The first-order valence-corrected chi connectivity index (χ1v) is 6.35. The SMILES string of the molecule is CC(CCSC#N)c1c(Cl)cccc1Cl. The Morgan fingerprint density at radius 1 is 1.40 bits per heavy atom. The molecule has 1 aromatic carbocycles. The van der Waals surface area contributed by atoms with Crippen molar-refractivity contribution in [1.82, 2.24) is 0 Å². The van der Waals surface area contributed by atoms with Gasteiger partial charge < -0.3 is 0 Å². The summed E-state index contributed by atoms with van der Waals surface area (Å²) in [7, 11) is 0. The van der Waals surface area contributed by atoms with Crippen molar-refractivity contribution in [3.8, 4) is 5.40 Å². The summed E-state index contributed by atoms with van der Waals surface area (Å²) in [4.78, 5) is 0. The van der Waals surface area contributed by atoms with Crippen LogP contribution in [0.5, 0.6) is 0 Å². The summed E-state index contributed by atoms with van der Waals surface area (Å²) in [6, 6.07) is 5.53. The normalized spacial score (nSPS) is 12.1. The number of hydrogen-bond donors (Lipinski definition) is 0. The maximum Gasteiger partial charge on any atom is 0.133 e. The van der Waals surface area contributed by atoms with Crippen molar-refractivity contribution in [2.75, 3.05) is 5.75 Å². The Hall–Kier alpha value is -0.360. The van der Waals surface area contributed by atoms with Crippen LogP contribution >= 0.6 is 35.0 Å². The predicted molar refractivity (Wildman–Crippen MR) is 67.6 cm³/mol. The molecule has 0 aromatic heterocycles. The van der Waals surface area contributed by atoms with Crippen LogP contribution in [0.1, 0.15) is 24.8 Å². The van der Waals surface area contributed by atoms with Crippen molar-refractivity contribution in [3.63, 3.8) is 0 Å². The molecule has 0 N–H and O–H groups in total. The van der Waals surface area contributed by atoms with Crippen LogP contribution in [0.25, 0.3) is 0 Å². The first-order chi connectivity index (χ1) is 7.16. The van der Waals surface area contributed by atoms with E-state index < -0.39 is 0 Å².